The van der Waals surface area contributed by atoms with Crippen molar-refractivity contribution in [3.8, 4) is 11.1 Å². The zero-order valence-corrected chi connectivity index (χ0v) is 11.9. The summed E-state index contributed by atoms with van der Waals surface area (Å²) in [5.74, 6) is -0.713. The van der Waals surface area contributed by atoms with Gasteiger partial charge in [0, 0.05) is 12.0 Å². The second kappa shape index (κ2) is 6.15. The molecule has 2 nitrogen and oxygen atoms in total. The molecule has 1 aromatic carbocycles. The van der Waals surface area contributed by atoms with Gasteiger partial charge in [-0.25, -0.2) is 14.4 Å². The zero-order valence-electron chi connectivity index (χ0n) is 10.4. The molecule has 0 radical (unpaired) electrons. The van der Waals surface area contributed by atoms with Crippen molar-refractivity contribution in [3.05, 3.63) is 46.2 Å². The third-order valence-electron chi connectivity index (χ3n) is 2.64. The van der Waals surface area contributed by atoms with Crippen LogP contribution >= 0.6 is 23.2 Å². The Bertz CT molecular complexity index is 636. The van der Waals surface area contributed by atoms with Crippen molar-refractivity contribution in [2.45, 2.75) is 19.0 Å². The predicted molar refractivity (Wildman–Crippen MR) is 71.8 cm³/mol. The Labute approximate surface area is 127 Å². The summed E-state index contributed by atoms with van der Waals surface area (Å²) in [5, 5.41) is -0.366. The van der Waals surface area contributed by atoms with Gasteiger partial charge in [-0.3, -0.25) is 0 Å². The van der Waals surface area contributed by atoms with Gasteiger partial charge in [0.15, 0.2) is 0 Å². The van der Waals surface area contributed by atoms with Crippen molar-refractivity contribution in [1.29, 1.82) is 0 Å². The van der Waals surface area contributed by atoms with Gasteiger partial charge >= 0.3 is 6.18 Å². The molecule has 112 valence electrons. The van der Waals surface area contributed by atoms with Gasteiger partial charge in [-0.1, -0.05) is 41.4 Å². The van der Waals surface area contributed by atoms with Gasteiger partial charge in [0.1, 0.15) is 21.9 Å². The third-order valence-corrected chi connectivity index (χ3v) is 3.19. The van der Waals surface area contributed by atoms with Crippen LogP contribution in [0.4, 0.5) is 17.6 Å². The minimum atomic E-state index is -4.33. The number of hydrogen-bond donors (Lipinski definition) is 0. The molecule has 0 aliphatic rings. The van der Waals surface area contributed by atoms with E-state index in [4.69, 9.17) is 23.2 Å². The number of rotatable bonds is 3. The molecule has 0 N–H and O–H groups in total. The van der Waals surface area contributed by atoms with Crippen LogP contribution in [0.5, 0.6) is 0 Å². The maximum absolute atomic E-state index is 13.7. The number of alkyl halides is 3. The number of hydrogen-bond acceptors (Lipinski definition) is 2. The summed E-state index contributed by atoms with van der Waals surface area (Å²) in [6, 6.07) is 5.70. The smallest absolute Gasteiger partial charge is 0.220 e. The SMILES string of the molecule is Fc1ccccc1-c1c(Cl)nc(CCC(F)(F)F)nc1Cl. The molecule has 0 aliphatic carbocycles. The number of nitrogens with zero attached hydrogens (tertiary/aromatic N) is 2. The Kier molecular flexibility index (Phi) is 4.68. The average Bonchev–Trinajstić information content (AvgIpc) is 2.37. The summed E-state index contributed by atoms with van der Waals surface area (Å²) in [5.41, 5.74) is 0.155. The molecule has 0 fully saturated rings. The van der Waals surface area contributed by atoms with Crippen LogP contribution in [0.25, 0.3) is 11.1 Å². The second-order valence-electron chi connectivity index (χ2n) is 4.19. The monoisotopic (exact) mass is 338 g/mol. The quantitative estimate of drug-likeness (QED) is 0.575. The predicted octanol–water partition coefficient (Wildman–Crippen LogP) is 5.08. The molecule has 0 bridgehead atoms. The van der Waals surface area contributed by atoms with E-state index in [1.807, 2.05) is 0 Å². The first-order chi connectivity index (χ1) is 9.78. The minimum absolute atomic E-state index is 0.0622. The van der Waals surface area contributed by atoms with Crippen molar-refractivity contribution in [3.63, 3.8) is 0 Å². The molecule has 8 heteroatoms. The Balaban J connectivity index is 2.37. The molecule has 1 aromatic heterocycles. The van der Waals surface area contributed by atoms with Crippen LogP contribution in [0.3, 0.4) is 0 Å². The van der Waals surface area contributed by atoms with Crippen LogP contribution in [0.2, 0.25) is 10.3 Å². The van der Waals surface area contributed by atoms with Gasteiger partial charge < -0.3 is 0 Å². The topological polar surface area (TPSA) is 25.8 Å². The molecule has 0 saturated carbocycles. The lowest BCUT2D eigenvalue weighted by Crippen LogP contribution is -2.10. The Morgan fingerprint density at radius 2 is 1.57 bits per heavy atom. The van der Waals surface area contributed by atoms with Crippen LogP contribution in [0.1, 0.15) is 12.2 Å². The van der Waals surface area contributed by atoms with Crippen LogP contribution in [-0.4, -0.2) is 16.1 Å². The Hall–Kier alpha value is -1.40. The largest absolute Gasteiger partial charge is 0.389 e. The standard InChI is InChI=1S/C13H8Cl2F4N2/c14-11-10(7-3-1-2-4-8(7)16)12(15)21-9(20-11)5-6-13(17,18)19/h1-4H,5-6H2. The van der Waals surface area contributed by atoms with Gasteiger partial charge in [-0.15, -0.1) is 0 Å². The summed E-state index contributed by atoms with van der Waals surface area (Å²) < 4.78 is 50.2. The maximum Gasteiger partial charge on any atom is 0.389 e. The lowest BCUT2D eigenvalue weighted by molar-refractivity contribution is -0.134. The molecule has 21 heavy (non-hydrogen) atoms. The van der Waals surface area contributed by atoms with Gasteiger partial charge in [0.2, 0.25) is 0 Å². The molecule has 0 amide bonds. The van der Waals surface area contributed by atoms with E-state index in [-0.39, 0.29) is 27.3 Å². The lowest BCUT2D eigenvalue weighted by atomic mass is 10.1. The average molecular weight is 339 g/mol. The van der Waals surface area contributed by atoms with E-state index in [0.717, 1.165) is 0 Å². The van der Waals surface area contributed by atoms with Crippen LogP contribution in [-0.2, 0) is 6.42 Å². The fraction of sp³-hybridized carbons (Fsp3) is 0.231. The van der Waals surface area contributed by atoms with Crippen LogP contribution in [0, 0.1) is 5.82 Å². The van der Waals surface area contributed by atoms with Crippen molar-refractivity contribution >= 4 is 23.2 Å². The molecule has 1 heterocycles. The number of benzene rings is 1. The molecular formula is C13H8Cl2F4N2. The van der Waals surface area contributed by atoms with Gasteiger partial charge in [0.25, 0.3) is 0 Å². The number of aryl methyl sites for hydroxylation is 1. The van der Waals surface area contributed by atoms with Crippen molar-refractivity contribution in [2.75, 3.05) is 0 Å². The minimum Gasteiger partial charge on any atom is -0.220 e. The van der Waals surface area contributed by atoms with Crippen LogP contribution in [0.15, 0.2) is 24.3 Å². The van der Waals surface area contributed by atoms with Crippen molar-refractivity contribution in [2.24, 2.45) is 0 Å². The molecular weight excluding hydrogens is 331 g/mol. The van der Waals surface area contributed by atoms with E-state index in [0.29, 0.717) is 0 Å². The van der Waals surface area contributed by atoms with E-state index in [1.54, 1.807) is 6.07 Å². The summed E-state index contributed by atoms with van der Waals surface area (Å²) in [6.07, 6.45) is -5.86. The Morgan fingerprint density at radius 3 is 2.10 bits per heavy atom. The first-order valence-corrected chi connectivity index (χ1v) is 6.57. The highest BCUT2D eigenvalue weighted by Crippen LogP contribution is 2.34. The highest BCUT2D eigenvalue weighted by atomic mass is 35.5. The summed E-state index contributed by atoms with van der Waals surface area (Å²) in [7, 11) is 0. The molecule has 0 aliphatic heterocycles. The van der Waals surface area contributed by atoms with Crippen molar-refractivity contribution in [1.82, 2.24) is 9.97 Å². The van der Waals surface area contributed by atoms with E-state index in [1.165, 1.54) is 18.2 Å². The lowest BCUT2D eigenvalue weighted by Gasteiger charge is -2.10. The fourth-order valence-corrected chi connectivity index (χ4v) is 2.33. The number of aromatic nitrogens is 2. The number of halogens is 6. The molecule has 0 saturated heterocycles. The highest BCUT2D eigenvalue weighted by Gasteiger charge is 2.27. The summed E-state index contributed by atoms with van der Waals surface area (Å²) >= 11 is 11.8. The van der Waals surface area contributed by atoms with E-state index >= 15 is 0 Å². The first-order valence-electron chi connectivity index (χ1n) is 5.81. The normalized spacial score (nSPS) is 11.7. The van der Waals surface area contributed by atoms with Gasteiger partial charge in [-0.2, -0.15) is 13.2 Å². The van der Waals surface area contributed by atoms with E-state index < -0.39 is 24.8 Å². The highest BCUT2D eigenvalue weighted by molar-refractivity contribution is 6.37. The van der Waals surface area contributed by atoms with E-state index in [9.17, 15) is 17.6 Å². The first kappa shape index (κ1) is 16.0. The summed E-state index contributed by atoms with van der Waals surface area (Å²) in [4.78, 5) is 7.52. The van der Waals surface area contributed by atoms with Crippen molar-refractivity contribution < 1.29 is 17.6 Å². The fourth-order valence-electron chi connectivity index (χ4n) is 1.70. The summed E-state index contributed by atoms with van der Waals surface area (Å²) in [6.45, 7) is 0. The Morgan fingerprint density at radius 1 is 1.00 bits per heavy atom. The van der Waals surface area contributed by atoms with E-state index in [2.05, 4.69) is 9.97 Å². The van der Waals surface area contributed by atoms with Gasteiger partial charge in [0.05, 0.1) is 12.0 Å². The third kappa shape index (κ3) is 4.04. The molecule has 0 atom stereocenters. The molecule has 2 aromatic rings. The van der Waals surface area contributed by atoms with Crippen LogP contribution < -0.4 is 0 Å². The van der Waals surface area contributed by atoms with Gasteiger partial charge in [-0.05, 0) is 6.07 Å². The molecule has 0 unspecified atom stereocenters. The second-order valence-corrected chi connectivity index (χ2v) is 4.91. The molecule has 0 spiro atoms. The molecule has 2 rings (SSSR count). The maximum atomic E-state index is 13.7. The zero-order chi connectivity index (χ0) is 15.6.